The Hall–Kier alpha value is -3.38. The highest BCUT2D eigenvalue weighted by Crippen LogP contribution is 2.48. The smallest absolute Gasteiger partial charge is 0.243 e. The topological polar surface area (TPSA) is 222 Å². The molecular formula is C31H50N7O6P. The quantitative estimate of drug-likeness (QED) is 0.0593. The van der Waals surface area contributed by atoms with Crippen molar-refractivity contribution in [1.82, 2.24) is 25.9 Å². The summed E-state index contributed by atoms with van der Waals surface area (Å²) in [5, 5.41) is 8.04. The van der Waals surface area contributed by atoms with Gasteiger partial charge in [0.1, 0.15) is 18.4 Å². The van der Waals surface area contributed by atoms with E-state index in [-0.39, 0.29) is 31.3 Å². The van der Waals surface area contributed by atoms with Gasteiger partial charge in [-0.3, -0.25) is 18.9 Å². The molecule has 0 saturated heterocycles. The fraction of sp³-hybridized carbons (Fsp3) is 0.581. The molecular weight excluding hydrogens is 597 g/mol. The number of hydrogen-bond donors (Lipinski definition) is 7. The molecule has 0 aliphatic rings. The van der Waals surface area contributed by atoms with Crippen molar-refractivity contribution in [1.29, 1.82) is 0 Å². The summed E-state index contributed by atoms with van der Waals surface area (Å²) in [5.41, 5.74) is 13.4. The summed E-state index contributed by atoms with van der Waals surface area (Å²) in [5.74, 6) is -3.58. The first-order valence-corrected chi connectivity index (χ1v) is 17.4. The van der Waals surface area contributed by atoms with E-state index in [1.54, 1.807) is 0 Å². The van der Waals surface area contributed by atoms with Crippen LogP contribution in [0.1, 0.15) is 64.1 Å². The minimum absolute atomic E-state index is 0.0214. The van der Waals surface area contributed by atoms with E-state index >= 15 is 0 Å². The predicted molar refractivity (Wildman–Crippen MR) is 173 cm³/mol. The maximum absolute atomic E-state index is 13.6. The number of benzene rings is 1. The first kappa shape index (κ1) is 37.8. The highest BCUT2D eigenvalue weighted by molar-refractivity contribution is 7.58. The summed E-state index contributed by atoms with van der Waals surface area (Å²) < 4.78 is 13.4. The zero-order valence-electron chi connectivity index (χ0n) is 26.5. The Balaban J connectivity index is 2.20. The van der Waals surface area contributed by atoms with Crippen molar-refractivity contribution in [3.05, 3.63) is 54.1 Å². The molecule has 14 heteroatoms. The molecule has 0 fully saturated rings. The fourth-order valence-electron chi connectivity index (χ4n) is 4.95. The highest BCUT2D eigenvalue weighted by Gasteiger charge is 2.36. The van der Waals surface area contributed by atoms with Crippen molar-refractivity contribution >= 4 is 31.4 Å². The van der Waals surface area contributed by atoms with Crippen LogP contribution in [-0.4, -0.2) is 75.5 Å². The lowest BCUT2D eigenvalue weighted by Gasteiger charge is -2.28. The highest BCUT2D eigenvalue weighted by atomic mass is 31.2. The maximum atomic E-state index is 13.6. The Labute approximate surface area is 265 Å². The van der Waals surface area contributed by atoms with Crippen LogP contribution in [0, 0.1) is 11.8 Å². The summed E-state index contributed by atoms with van der Waals surface area (Å²) in [7, 11) is -3.96. The molecule has 0 spiro atoms. The fourth-order valence-corrected chi connectivity index (χ4v) is 6.70. The number of amides is 3. The third-order valence-electron chi connectivity index (χ3n) is 7.46. The molecule has 3 amide bonds. The number of aldehydes is 1. The number of rotatable bonds is 21. The Morgan fingerprint density at radius 2 is 1.67 bits per heavy atom. The molecule has 0 radical (unpaired) electrons. The second kappa shape index (κ2) is 19.2. The van der Waals surface area contributed by atoms with Gasteiger partial charge in [0.15, 0.2) is 0 Å². The number of aryl methyl sites for hydroxylation is 1. The van der Waals surface area contributed by atoms with Crippen LogP contribution < -0.4 is 27.4 Å². The Kier molecular flexibility index (Phi) is 16.1. The zero-order valence-corrected chi connectivity index (χ0v) is 27.4. The summed E-state index contributed by atoms with van der Waals surface area (Å²) in [4.78, 5) is 69.2. The van der Waals surface area contributed by atoms with Crippen molar-refractivity contribution in [2.75, 3.05) is 12.7 Å². The van der Waals surface area contributed by atoms with Crippen LogP contribution in [0.5, 0.6) is 0 Å². The summed E-state index contributed by atoms with van der Waals surface area (Å²) in [6.07, 6.45) is 5.76. The lowest BCUT2D eigenvalue weighted by Crippen LogP contribution is -2.56. The number of nitrogens with one attached hydrogen (secondary N) is 4. The number of imidazole rings is 1. The molecule has 2 rings (SSSR count). The number of hydrogen-bond acceptors (Lipinski definition) is 8. The normalized spacial score (nSPS) is 16.1. The van der Waals surface area contributed by atoms with Crippen LogP contribution in [0.4, 0.5) is 0 Å². The van der Waals surface area contributed by atoms with E-state index in [0.717, 1.165) is 5.56 Å². The van der Waals surface area contributed by atoms with Gasteiger partial charge in [0.05, 0.1) is 18.2 Å². The molecule has 0 aliphatic heterocycles. The second-order valence-corrected chi connectivity index (χ2v) is 14.5. The minimum Gasteiger partial charge on any atom is -0.348 e. The maximum Gasteiger partial charge on any atom is 0.243 e. The second-order valence-electron chi connectivity index (χ2n) is 12.0. The molecule has 6 atom stereocenters. The van der Waals surface area contributed by atoms with Crippen LogP contribution in [0.15, 0.2) is 42.9 Å². The van der Waals surface area contributed by atoms with E-state index in [1.807, 2.05) is 44.2 Å². The molecule has 9 N–H and O–H groups in total. The van der Waals surface area contributed by atoms with Crippen LogP contribution >= 0.6 is 7.37 Å². The van der Waals surface area contributed by atoms with E-state index in [9.17, 15) is 28.6 Å². The Morgan fingerprint density at radius 1 is 1.00 bits per heavy atom. The molecule has 13 nitrogen and oxygen atoms in total. The minimum atomic E-state index is -3.96. The predicted octanol–water partition coefficient (Wildman–Crippen LogP) is 1.60. The lowest BCUT2D eigenvalue weighted by atomic mass is 9.97. The molecule has 2 aromatic rings. The van der Waals surface area contributed by atoms with Crippen LogP contribution in [0.25, 0.3) is 0 Å². The third kappa shape index (κ3) is 13.7. The molecule has 1 heterocycles. The third-order valence-corrected chi connectivity index (χ3v) is 9.72. The first-order valence-electron chi connectivity index (χ1n) is 15.5. The van der Waals surface area contributed by atoms with Crippen LogP contribution in [0.2, 0.25) is 0 Å². The molecule has 1 aromatic carbocycles. The molecule has 1 unspecified atom stereocenters. The SMILES string of the molecule is CC(C)C[C@H](CP(=O)(O)[C@@H](N)CCc1ccccc1)C(=O)N[C@@H](CCCCN)C(=O)N[C@@H](Cc1cnc[nH]1)C(=O)N[C@@H](C)C=O. The average molecular weight is 648 g/mol. The van der Waals surface area contributed by atoms with Gasteiger partial charge in [-0.2, -0.15) is 0 Å². The number of unbranched alkanes of at least 4 members (excludes halogenated alkanes) is 1. The Bertz CT molecular complexity index is 1240. The van der Waals surface area contributed by atoms with Crippen molar-refractivity contribution in [3.8, 4) is 0 Å². The molecule has 250 valence electrons. The van der Waals surface area contributed by atoms with Crippen LogP contribution in [0.3, 0.4) is 0 Å². The first-order chi connectivity index (χ1) is 21.4. The summed E-state index contributed by atoms with van der Waals surface area (Å²) >= 11 is 0. The number of carbonyl (C=O) groups is 4. The molecule has 0 saturated carbocycles. The van der Waals surface area contributed by atoms with Gasteiger partial charge < -0.3 is 42.1 Å². The van der Waals surface area contributed by atoms with Gasteiger partial charge in [0.2, 0.25) is 25.1 Å². The summed E-state index contributed by atoms with van der Waals surface area (Å²) in [6.45, 7) is 5.71. The average Bonchev–Trinajstić information content (AvgIpc) is 3.51. The zero-order chi connectivity index (χ0) is 33.4. The van der Waals surface area contributed by atoms with E-state index in [1.165, 1.54) is 19.4 Å². The molecule has 0 aliphatic carbocycles. The van der Waals surface area contributed by atoms with Gasteiger partial charge in [-0.15, -0.1) is 0 Å². The van der Waals surface area contributed by atoms with E-state index in [0.29, 0.717) is 44.2 Å². The van der Waals surface area contributed by atoms with Crippen molar-refractivity contribution in [2.24, 2.45) is 23.3 Å². The van der Waals surface area contributed by atoms with Gasteiger partial charge in [-0.1, -0.05) is 44.2 Å². The van der Waals surface area contributed by atoms with Crippen LogP contribution in [-0.2, 0) is 36.6 Å². The van der Waals surface area contributed by atoms with Crippen molar-refractivity contribution < 1.29 is 28.6 Å². The van der Waals surface area contributed by atoms with Gasteiger partial charge in [0, 0.05) is 30.4 Å². The van der Waals surface area contributed by atoms with E-state index in [2.05, 4.69) is 25.9 Å². The van der Waals surface area contributed by atoms with Crippen molar-refractivity contribution in [3.63, 3.8) is 0 Å². The number of carbonyl (C=O) groups excluding carboxylic acids is 4. The van der Waals surface area contributed by atoms with Gasteiger partial charge in [-0.05, 0) is 63.5 Å². The monoisotopic (exact) mass is 647 g/mol. The standard InChI is InChI=1S/C31H50N7O6P/c1-21(2)15-24(19-45(43,44)28(33)13-12-23-9-5-4-6-10-23)29(40)37-26(11-7-8-14-32)30(41)38-27(16-25-17-34-20-35-25)31(42)36-22(3)18-39/h4-6,9-10,17-18,20-22,24,26-28H,7-8,11-16,19,32-33H2,1-3H3,(H,34,35)(H,36,42)(H,37,40)(H,38,41)(H,43,44)/t22-,24+,26-,27-,28+/m0/s1. The number of nitrogens with zero attached hydrogens (tertiary/aromatic N) is 1. The van der Waals surface area contributed by atoms with Gasteiger partial charge >= 0.3 is 0 Å². The number of aromatic amines is 1. The number of nitrogens with two attached hydrogens (primary N) is 2. The van der Waals surface area contributed by atoms with Crippen molar-refractivity contribution in [2.45, 2.75) is 89.6 Å². The largest absolute Gasteiger partial charge is 0.348 e. The van der Waals surface area contributed by atoms with E-state index in [4.69, 9.17) is 11.5 Å². The number of aromatic nitrogens is 2. The molecule has 1 aromatic heterocycles. The lowest BCUT2D eigenvalue weighted by molar-refractivity contribution is -0.133. The molecule has 0 bridgehead atoms. The summed E-state index contributed by atoms with van der Waals surface area (Å²) in [6, 6.07) is 6.63. The molecule has 45 heavy (non-hydrogen) atoms. The Morgan fingerprint density at radius 3 is 2.27 bits per heavy atom. The van der Waals surface area contributed by atoms with Gasteiger partial charge in [0.25, 0.3) is 0 Å². The van der Waals surface area contributed by atoms with E-state index < -0.39 is 54.9 Å². The van der Waals surface area contributed by atoms with Gasteiger partial charge in [-0.25, -0.2) is 4.98 Å². The number of H-pyrrole nitrogens is 1.